The van der Waals surface area contributed by atoms with Gasteiger partial charge in [-0.25, -0.2) is 8.78 Å². The molecule has 0 radical (unpaired) electrons. The highest BCUT2D eigenvalue weighted by Gasteiger charge is 2.22. The number of amides is 1. The molecular formula is C29H34F2N2O3S. The quantitative estimate of drug-likeness (QED) is 0.296. The van der Waals surface area contributed by atoms with Crippen molar-refractivity contribution in [3.63, 3.8) is 0 Å². The van der Waals surface area contributed by atoms with E-state index in [4.69, 9.17) is 0 Å². The molecule has 0 aliphatic carbocycles. The summed E-state index contributed by atoms with van der Waals surface area (Å²) < 4.78 is 27.3. The van der Waals surface area contributed by atoms with Crippen LogP contribution in [0.2, 0.25) is 0 Å². The van der Waals surface area contributed by atoms with Crippen molar-refractivity contribution in [1.29, 1.82) is 0 Å². The summed E-state index contributed by atoms with van der Waals surface area (Å²) in [4.78, 5) is 23.9. The zero-order valence-corrected chi connectivity index (χ0v) is 22.4. The molecule has 2 aromatic carbocycles. The van der Waals surface area contributed by atoms with Crippen LogP contribution >= 0.6 is 11.3 Å². The molecule has 3 N–H and O–H groups in total. The van der Waals surface area contributed by atoms with E-state index in [-0.39, 0.29) is 24.3 Å². The molecule has 1 heterocycles. The van der Waals surface area contributed by atoms with E-state index in [1.54, 1.807) is 0 Å². The number of thiophene rings is 1. The Labute approximate surface area is 220 Å². The highest BCUT2D eigenvalue weighted by atomic mass is 32.1. The molecule has 5 nitrogen and oxygen atoms in total. The van der Waals surface area contributed by atoms with E-state index in [2.05, 4.69) is 43.5 Å². The summed E-state index contributed by atoms with van der Waals surface area (Å²) in [6, 6.07) is 10.6. The fourth-order valence-electron chi connectivity index (χ4n) is 4.38. The minimum atomic E-state index is -0.997. The molecule has 0 aliphatic heterocycles. The maximum absolute atomic E-state index is 13.6. The first kappa shape index (κ1) is 28.6. The second-order valence-electron chi connectivity index (χ2n) is 10.5. The smallest absolute Gasteiger partial charge is 0.217 e. The monoisotopic (exact) mass is 528 g/mol. The first-order chi connectivity index (χ1) is 17.4. The number of hydrogen-bond donors (Lipinski definition) is 3. The van der Waals surface area contributed by atoms with Gasteiger partial charge in [0.05, 0.1) is 17.0 Å². The van der Waals surface area contributed by atoms with E-state index in [1.165, 1.54) is 30.4 Å². The van der Waals surface area contributed by atoms with Gasteiger partial charge in [0.25, 0.3) is 0 Å². The van der Waals surface area contributed by atoms with Gasteiger partial charge in [-0.15, -0.1) is 11.3 Å². The van der Waals surface area contributed by atoms with Crippen LogP contribution in [-0.2, 0) is 24.2 Å². The molecule has 0 spiro atoms. The van der Waals surface area contributed by atoms with Crippen LogP contribution in [0.5, 0.6) is 0 Å². The van der Waals surface area contributed by atoms with Crippen LogP contribution in [0.1, 0.15) is 54.1 Å². The van der Waals surface area contributed by atoms with Crippen molar-refractivity contribution < 1.29 is 23.5 Å². The molecule has 0 aliphatic rings. The van der Waals surface area contributed by atoms with E-state index in [9.17, 15) is 23.5 Å². The summed E-state index contributed by atoms with van der Waals surface area (Å²) in [7, 11) is 0. The van der Waals surface area contributed by atoms with Gasteiger partial charge in [-0.3, -0.25) is 9.59 Å². The number of benzene rings is 2. The molecule has 1 amide bonds. The fourth-order valence-corrected chi connectivity index (χ4v) is 5.10. The van der Waals surface area contributed by atoms with Crippen molar-refractivity contribution >= 4 is 23.5 Å². The first-order valence-electron chi connectivity index (χ1n) is 12.2. The summed E-state index contributed by atoms with van der Waals surface area (Å²) in [6.07, 6.45) is 0.790. The van der Waals surface area contributed by atoms with E-state index >= 15 is 0 Å². The molecule has 2 atom stereocenters. The lowest BCUT2D eigenvalue weighted by Crippen LogP contribution is -2.48. The number of nitrogens with one attached hydrogen (secondary N) is 2. The Bertz CT molecular complexity index is 1220. The van der Waals surface area contributed by atoms with Crippen molar-refractivity contribution in [3.8, 4) is 11.1 Å². The van der Waals surface area contributed by atoms with Crippen molar-refractivity contribution in [2.75, 3.05) is 6.54 Å². The number of carbonyl (C=O) groups is 2. The molecule has 0 bridgehead atoms. The minimum absolute atomic E-state index is 0.0584. The summed E-state index contributed by atoms with van der Waals surface area (Å²) in [5.41, 5.74) is 4.44. The zero-order chi connectivity index (χ0) is 27.2. The van der Waals surface area contributed by atoms with Gasteiger partial charge in [0.2, 0.25) is 5.91 Å². The fraction of sp³-hybridized carbons (Fsp3) is 0.379. The van der Waals surface area contributed by atoms with Gasteiger partial charge in [-0.1, -0.05) is 32.9 Å². The Balaban J connectivity index is 1.76. The topological polar surface area (TPSA) is 78.4 Å². The third-order valence-electron chi connectivity index (χ3n) is 5.94. The Morgan fingerprint density at radius 2 is 1.78 bits per heavy atom. The highest BCUT2D eigenvalue weighted by Crippen LogP contribution is 2.31. The van der Waals surface area contributed by atoms with Crippen LogP contribution in [-0.4, -0.2) is 36.0 Å². The molecule has 2 unspecified atom stereocenters. The maximum Gasteiger partial charge on any atom is 0.217 e. The SMILES string of the molecule is CC(=O)NC(Cc1cc(F)cc(F)c1)C(O)CNCc1cc(-c2ccsc2C=O)ccc1CC(C)(C)C. The normalized spacial score (nSPS) is 13.3. The average molecular weight is 529 g/mol. The van der Waals surface area contributed by atoms with Crippen molar-refractivity contribution in [3.05, 3.63) is 81.0 Å². The number of hydrogen-bond acceptors (Lipinski definition) is 5. The van der Waals surface area contributed by atoms with Gasteiger partial charge >= 0.3 is 0 Å². The average Bonchev–Trinajstić information content (AvgIpc) is 3.26. The lowest BCUT2D eigenvalue weighted by molar-refractivity contribution is -0.120. The van der Waals surface area contributed by atoms with E-state index in [0.717, 1.165) is 41.0 Å². The molecule has 37 heavy (non-hydrogen) atoms. The zero-order valence-electron chi connectivity index (χ0n) is 21.6. The molecule has 0 saturated heterocycles. The molecule has 0 saturated carbocycles. The van der Waals surface area contributed by atoms with Gasteiger partial charge in [0.15, 0.2) is 6.29 Å². The number of aliphatic hydroxyl groups excluding tert-OH is 1. The summed E-state index contributed by atoms with van der Waals surface area (Å²) >= 11 is 1.40. The lowest BCUT2D eigenvalue weighted by Gasteiger charge is -2.25. The number of halogens is 2. The third-order valence-corrected chi connectivity index (χ3v) is 6.78. The van der Waals surface area contributed by atoms with Crippen molar-refractivity contribution in [2.24, 2.45) is 5.41 Å². The van der Waals surface area contributed by atoms with Crippen molar-refractivity contribution in [1.82, 2.24) is 10.6 Å². The number of aliphatic hydroxyl groups is 1. The van der Waals surface area contributed by atoms with Gasteiger partial charge in [-0.2, -0.15) is 0 Å². The molecule has 1 aromatic heterocycles. The highest BCUT2D eigenvalue weighted by molar-refractivity contribution is 7.12. The predicted molar refractivity (Wildman–Crippen MR) is 144 cm³/mol. The van der Waals surface area contributed by atoms with Crippen LogP contribution in [0, 0.1) is 17.0 Å². The lowest BCUT2D eigenvalue weighted by atomic mass is 9.85. The van der Waals surface area contributed by atoms with E-state index in [0.29, 0.717) is 17.0 Å². The molecule has 198 valence electrons. The van der Waals surface area contributed by atoms with Crippen LogP contribution in [0.15, 0.2) is 47.8 Å². The molecule has 3 rings (SSSR count). The molecule has 3 aromatic rings. The third kappa shape index (κ3) is 8.55. The number of rotatable bonds is 11. The summed E-state index contributed by atoms with van der Waals surface area (Å²) in [6.45, 7) is 8.44. The van der Waals surface area contributed by atoms with Gasteiger partial charge in [-0.05, 0) is 70.2 Å². The van der Waals surface area contributed by atoms with Crippen LogP contribution in [0.25, 0.3) is 11.1 Å². The molecule has 8 heteroatoms. The predicted octanol–water partition coefficient (Wildman–Crippen LogP) is 5.29. The first-order valence-corrected chi connectivity index (χ1v) is 13.1. The van der Waals surface area contributed by atoms with Crippen LogP contribution in [0.3, 0.4) is 0 Å². The van der Waals surface area contributed by atoms with Crippen molar-refractivity contribution in [2.45, 2.75) is 59.2 Å². The Morgan fingerprint density at radius 1 is 1.08 bits per heavy atom. The Morgan fingerprint density at radius 3 is 2.41 bits per heavy atom. The van der Waals surface area contributed by atoms with Crippen LogP contribution in [0.4, 0.5) is 8.78 Å². The van der Waals surface area contributed by atoms with Gasteiger partial charge < -0.3 is 15.7 Å². The minimum Gasteiger partial charge on any atom is -0.390 e. The number of aldehydes is 1. The largest absolute Gasteiger partial charge is 0.390 e. The standard InChI is InChI=1S/C29H34F2N2O3S/c1-18(35)33-26(11-19-9-23(30)13-24(31)10-19)27(36)16-32-15-22-12-20(25-7-8-37-28(25)17-34)5-6-21(22)14-29(2,3)4/h5-10,12-13,17,26-27,32,36H,11,14-16H2,1-4H3,(H,33,35). The maximum atomic E-state index is 13.6. The van der Waals surface area contributed by atoms with Gasteiger partial charge in [0, 0.05) is 31.6 Å². The van der Waals surface area contributed by atoms with Gasteiger partial charge in [0.1, 0.15) is 11.6 Å². The Hall–Kier alpha value is -2.94. The summed E-state index contributed by atoms with van der Waals surface area (Å²) in [5.74, 6) is -1.76. The second kappa shape index (κ2) is 12.5. The Kier molecular flexibility index (Phi) is 9.70. The van der Waals surface area contributed by atoms with E-state index in [1.807, 2.05) is 17.5 Å². The molecular weight excluding hydrogens is 494 g/mol. The number of carbonyl (C=O) groups excluding carboxylic acids is 2. The van der Waals surface area contributed by atoms with Crippen LogP contribution < -0.4 is 10.6 Å². The second-order valence-corrected chi connectivity index (χ2v) is 11.5. The summed E-state index contributed by atoms with van der Waals surface area (Å²) in [5, 5.41) is 18.7. The van der Waals surface area contributed by atoms with E-state index < -0.39 is 23.8 Å². The molecule has 0 fully saturated rings.